The summed E-state index contributed by atoms with van der Waals surface area (Å²) in [4.78, 5) is 23.7. The van der Waals surface area contributed by atoms with E-state index in [1.165, 1.54) is 20.3 Å². The maximum Gasteiger partial charge on any atom is 0.342 e. The van der Waals surface area contributed by atoms with E-state index in [1.807, 2.05) is 0 Å². The van der Waals surface area contributed by atoms with Crippen molar-refractivity contribution in [3.8, 4) is 11.5 Å². The van der Waals surface area contributed by atoms with Crippen LogP contribution in [-0.2, 0) is 14.3 Å². The molecule has 0 saturated carbocycles. The molecule has 1 atom stereocenters. The van der Waals surface area contributed by atoms with Crippen molar-refractivity contribution in [3.63, 3.8) is 0 Å². The molecule has 1 amide bonds. The molecular weight excluding hydrogens is 302 g/mol. The minimum atomic E-state index is -0.628. The SMILES string of the molecule is COc1ccc(C(=O)OCC(=O)NC[C@@H]2CCCO2)c(OC)c1. The molecule has 7 nitrogen and oxygen atoms in total. The Morgan fingerprint density at radius 1 is 1.30 bits per heavy atom. The van der Waals surface area contributed by atoms with Crippen LogP contribution in [0.4, 0.5) is 0 Å². The summed E-state index contributed by atoms with van der Waals surface area (Å²) in [5.74, 6) is -0.0973. The molecule has 0 aliphatic carbocycles. The molecule has 1 aromatic rings. The van der Waals surface area contributed by atoms with Crippen molar-refractivity contribution in [2.75, 3.05) is 34.0 Å². The highest BCUT2D eigenvalue weighted by Crippen LogP contribution is 2.25. The van der Waals surface area contributed by atoms with Gasteiger partial charge in [0.15, 0.2) is 6.61 Å². The van der Waals surface area contributed by atoms with Crippen molar-refractivity contribution >= 4 is 11.9 Å². The quantitative estimate of drug-likeness (QED) is 0.758. The molecule has 23 heavy (non-hydrogen) atoms. The van der Waals surface area contributed by atoms with E-state index in [1.54, 1.807) is 12.1 Å². The fourth-order valence-electron chi connectivity index (χ4n) is 2.26. The molecule has 1 aromatic carbocycles. The second kappa shape index (κ2) is 8.38. The van der Waals surface area contributed by atoms with E-state index in [2.05, 4.69) is 5.32 Å². The van der Waals surface area contributed by atoms with E-state index in [4.69, 9.17) is 18.9 Å². The average Bonchev–Trinajstić information content (AvgIpc) is 3.10. The van der Waals surface area contributed by atoms with Gasteiger partial charge in [-0.25, -0.2) is 4.79 Å². The van der Waals surface area contributed by atoms with E-state index < -0.39 is 5.97 Å². The summed E-state index contributed by atoms with van der Waals surface area (Å²) in [6.07, 6.45) is 1.99. The summed E-state index contributed by atoms with van der Waals surface area (Å²) < 4.78 is 20.6. The van der Waals surface area contributed by atoms with Gasteiger partial charge in [-0.1, -0.05) is 0 Å². The third-order valence-corrected chi connectivity index (χ3v) is 3.51. The first-order valence-electron chi connectivity index (χ1n) is 7.41. The van der Waals surface area contributed by atoms with Gasteiger partial charge in [0, 0.05) is 19.2 Å². The first-order valence-corrected chi connectivity index (χ1v) is 7.41. The number of hydrogen-bond acceptors (Lipinski definition) is 6. The lowest BCUT2D eigenvalue weighted by molar-refractivity contribution is -0.124. The molecule has 1 aliphatic rings. The number of rotatable bonds is 7. The molecule has 0 radical (unpaired) electrons. The van der Waals surface area contributed by atoms with Crippen LogP contribution in [0, 0.1) is 0 Å². The maximum atomic E-state index is 12.0. The smallest absolute Gasteiger partial charge is 0.342 e. The van der Waals surface area contributed by atoms with Crippen molar-refractivity contribution in [3.05, 3.63) is 23.8 Å². The van der Waals surface area contributed by atoms with E-state index >= 15 is 0 Å². The third kappa shape index (κ3) is 4.85. The normalized spacial score (nSPS) is 16.7. The fourth-order valence-corrected chi connectivity index (χ4v) is 2.26. The molecule has 0 aromatic heterocycles. The van der Waals surface area contributed by atoms with Crippen LogP contribution in [0.3, 0.4) is 0 Å². The topological polar surface area (TPSA) is 83.1 Å². The Kier molecular flexibility index (Phi) is 6.22. The molecule has 1 aliphatic heterocycles. The van der Waals surface area contributed by atoms with Crippen LogP contribution in [0.5, 0.6) is 11.5 Å². The van der Waals surface area contributed by atoms with Gasteiger partial charge in [0.1, 0.15) is 17.1 Å². The molecule has 1 heterocycles. The molecule has 1 fully saturated rings. The van der Waals surface area contributed by atoms with Gasteiger partial charge in [0.05, 0.1) is 20.3 Å². The lowest BCUT2D eigenvalue weighted by Crippen LogP contribution is -2.34. The third-order valence-electron chi connectivity index (χ3n) is 3.51. The largest absolute Gasteiger partial charge is 0.497 e. The first-order chi connectivity index (χ1) is 11.1. The van der Waals surface area contributed by atoms with Crippen LogP contribution < -0.4 is 14.8 Å². The van der Waals surface area contributed by atoms with Crippen LogP contribution in [0.1, 0.15) is 23.2 Å². The van der Waals surface area contributed by atoms with Crippen LogP contribution in [0.15, 0.2) is 18.2 Å². The average molecular weight is 323 g/mol. The lowest BCUT2D eigenvalue weighted by Gasteiger charge is -2.12. The highest BCUT2D eigenvalue weighted by atomic mass is 16.5. The predicted molar refractivity (Wildman–Crippen MR) is 81.8 cm³/mol. The molecular formula is C16H21NO6. The van der Waals surface area contributed by atoms with Crippen LogP contribution in [0.2, 0.25) is 0 Å². The molecule has 0 spiro atoms. The number of ether oxygens (including phenoxy) is 4. The van der Waals surface area contributed by atoms with Crippen molar-refractivity contribution in [1.29, 1.82) is 0 Å². The fraction of sp³-hybridized carbons (Fsp3) is 0.500. The van der Waals surface area contributed by atoms with Gasteiger partial charge >= 0.3 is 5.97 Å². The number of esters is 1. The minimum Gasteiger partial charge on any atom is -0.497 e. The minimum absolute atomic E-state index is 0.0522. The Bertz CT molecular complexity index is 554. The van der Waals surface area contributed by atoms with Crippen molar-refractivity contribution < 1.29 is 28.5 Å². The van der Waals surface area contributed by atoms with Crippen molar-refractivity contribution in [2.24, 2.45) is 0 Å². The highest BCUT2D eigenvalue weighted by Gasteiger charge is 2.18. The summed E-state index contributed by atoms with van der Waals surface area (Å²) in [5.41, 5.74) is 0.236. The Labute approximate surface area is 134 Å². The number of methoxy groups -OCH3 is 2. The summed E-state index contributed by atoms with van der Waals surface area (Å²) in [5, 5.41) is 2.69. The Morgan fingerprint density at radius 2 is 2.13 bits per heavy atom. The van der Waals surface area contributed by atoms with Gasteiger partial charge in [0.25, 0.3) is 5.91 Å². The van der Waals surface area contributed by atoms with Gasteiger partial charge in [-0.3, -0.25) is 4.79 Å². The van der Waals surface area contributed by atoms with E-state index in [0.717, 1.165) is 19.4 Å². The summed E-state index contributed by atoms with van der Waals surface area (Å²) in [6.45, 7) is 0.815. The van der Waals surface area contributed by atoms with Gasteiger partial charge in [0.2, 0.25) is 0 Å². The van der Waals surface area contributed by atoms with Crippen molar-refractivity contribution in [1.82, 2.24) is 5.32 Å². The zero-order chi connectivity index (χ0) is 16.7. The molecule has 2 rings (SSSR count). The van der Waals surface area contributed by atoms with E-state index in [0.29, 0.717) is 18.0 Å². The highest BCUT2D eigenvalue weighted by molar-refractivity contribution is 5.94. The zero-order valence-corrected chi connectivity index (χ0v) is 13.3. The summed E-state index contributed by atoms with van der Waals surface area (Å²) in [7, 11) is 2.96. The number of benzene rings is 1. The van der Waals surface area contributed by atoms with E-state index in [9.17, 15) is 9.59 Å². The molecule has 0 unspecified atom stereocenters. The zero-order valence-electron chi connectivity index (χ0n) is 13.3. The Balaban J connectivity index is 1.82. The molecule has 1 N–H and O–H groups in total. The van der Waals surface area contributed by atoms with Gasteiger partial charge in [-0.05, 0) is 25.0 Å². The second-order valence-electron chi connectivity index (χ2n) is 5.08. The number of nitrogens with one attached hydrogen (secondary N) is 1. The van der Waals surface area contributed by atoms with Gasteiger partial charge in [-0.15, -0.1) is 0 Å². The second-order valence-corrected chi connectivity index (χ2v) is 5.08. The molecule has 0 bridgehead atoms. The monoisotopic (exact) mass is 323 g/mol. The van der Waals surface area contributed by atoms with E-state index in [-0.39, 0.29) is 24.2 Å². The summed E-state index contributed by atoms with van der Waals surface area (Å²) >= 11 is 0. The van der Waals surface area contributed by atoms with Crippen LogP contribution >= 0.6 is 0 Å². The number of amides is 1. The number of carbonyl (C=O) groups excluding carboxylic acids is 2. The number of carbonyl (C=O) groups is 2. The van der Waals surface area contributed by atoms with Crippen LogP contribution in [-0.4, -0.2) is 52.0 Å². The lowest BCUT2D eigenvalue weighted by atomic mass is 10.2. The van der Waals surface area contributed by atoms with Gasteiger partial charge < -0.3 is 24.3 Å². The first kappa shape index (κ1) is 17.1. The van der Waals surface area contributed by atoms with Crippen molar-refractivity contribution in [2.45, 2.75) is 18.9 Å². The number of hydrogen-bond donors (Lipinski definition) is 1. The molecule has 1 saturated heterocycles. The predicted octanol–water partition coefficient (Wildman–Crippen LogP) is 1.16. The van der Waals surface area contributed by atoms with Gasteiger partial charge in [-0.2, -0.15) is 0 Å². The molecule has 126 valence electrons. The van der Waals surface area contributed by atoms with Crippen LogP contribution in [0.25, 0.3) is 0 Å². The maximum absolute atomic E-state index is 12.0. The summed E-state index contributed by atoms with van der Waals surface area (Å²) in [6, 6.07) is 4.73. The Hall–Kier alpha value is -2.28. The Morgan fingerprint density at radius 3 is 2.78 bits per heavy atom. The molecule has 7 heteroatoms. The standard InChI is InChI=1S/C16H21NO6/c1-20-11-5-6-13(14(8-11)21-2)16(19)23-10-15(18)17-9-12-4-3-7-22-12/h5-6,8,12H,3-4,7,9-10H2,1-2H3,(H,17,18)/t12-/m0/s1.